The Kier molecular flexibility index (Phi) is 4.32. The third-order valence-corrected chi connectivity index (χ3v) is 3.93. The van der Waals surface area contributed by atoms with E-state index in [-0.39, 0.29) is 6.04 Å². The molecule has 1 N–H and O–H groups in total. The summed E-state index contributed by atoms with van der Waals surface area (Å²) in [5, 5.41) is 4.27. The Morgan fingerprint density at radius 1 is 1.10 bits per heavy atom. The minimum absolute atomic E-state index is 0.187. The van der Waals surface area contributed by atoms with Crippen molar-refractivity contribution in [3.63, 3.8) is 0 Å². The van der Waals surface area contributed by atoms with E-state index in [1.807, 2.05) is 36.4 Å². The number of halogens is 1. The average Bonchev–Trinajstić information content (AvgIpc) is 2.53. The Balaban J connectivity index is 1.66. The standard InChI is InChI=1S/C17H18ClNO2/c1-12(14-4-2-3-5-15(14)18)19-11-13-6-7-16-17(10-13)21-9-8-20-16/h2-7,10,12,19H,8-9,11H2,1H3/t12-/m0/s1. The second kappa shape index (κ2) is 6.37. The van der Waals surface area contributed by atoms with Crippen LogP contribution < -0.4 is 14.8 Å². The molecule has 2 aromatic rings. The van der Waals surface area contributed by atoms with Crippen molar-refractivity contribution in [1.82, 2.24) is 5.32 Å². The van der Waals surface area contributed by atoms with Gasteiger partial charge >= 0.3 is 0 Å². The number of rotatable bonds is 4. The monoisotopic (exact) mass is 303 g/mol. The average molecular weight is 304 g/mol. The number of nitrogens with one attached hydrogen (secondary N) is 1. The maximum Gasteiger partial charge on any atom is 0.161 e. The summed E-state index contributed by atoms with van der Waals surface area (Å²) in [6.45, 7) is 4.09. The summed E-state index contributed by atoms with van der Waals surface area (Å²) in [6, 6.07) is 14.1. The van der Waals surface area contributed by atoms with Crippen LogP contribution in [0, 0.1) is 0 Å². The van der Waals surface area contributed by atoms with Gasteiger partial charge in [0.05, 0.1) is 0 Å². The number of fused-ring (bicyclic) bond motifs is 1. The molecule has 1 aliphatic heterocycles. The van der Waals surface area contributed by atoms with Gasteiger partial charge in [0.25, 0.3) is 0 Å². The first-order chi connectivity index (χ1) is 10.2. The fraction of sp³-hybridized carbons (Fsp3) is 0.294. The zero-order valence-corrected chi connectivity index (χ0v) is 12.7. The minimum Gasteiger partial charge on any atom is -0.486 e. The molecule has 1 heterocycles. The summed E-state index contributed by atoms with van der Waals surface area (Å²) in [7, 11) is 0. The van der Waals surface area contributed by atoms with E-state index in [1.54, 1.807) is 0 Å². The van der Waals surface area contributed by atoms with Gasteiger partial charge in [-0.2, -0.15) is 0 Å². The van der Waals surface area contributed by atoms with Crippen molar-refractivity contribution in [2.45, 2.75) is 19.5 Å². The molecule has 0 bridgehead atoms. The highest BCUT2D eigenvalue weighted by molar-refractivity contribution is 6.31. The summed E-state index contributed by atoms with van der Waals surface area (Å²) in [4.78, 5) is 0. The molecule has 110 valence electrons. The molecule has 21 heavy (non-hydrogen) atoms. The lowest BCUT2D eigenvalue weighted by Crippen LogP contribution is -2.19. The summed E-state index contributed by atoms with van der Waals surface area (Å²) < 4.78 is 11.1. The SMILES string of the molecule is C[C@H](NCc1ccc2c(c1)OCCO2)c1ccccc1Cl. The van der Waals surface area contributed by atoms with Crippen molar-refractivity contribution < 1.29 is 9.47 Å². The Bertz CT molecular complexity index is 630. The van der Waals surface area contributed by atoms with Crippen LogP contribution in [0.2, 0.25) is 5.02 Å². The zero-order valence-electron chi connectivity index (χ0n) is 11.9. The minimum atomic E-state index is 0.187. The normalized spacial score (nSPS) is 14.8. The van der Waals surface area contributed by atoms with E-state index >= 15 is 0 Å². The van der Waals surface area contributed by atoms with Crippen LogP contribution in [0.15, 0.2) is 42.5 Å². The Morgan fingerprint density at radius 2 is 1.86 bits per heavy atom. The van der Waals surface area contributed by atoms with Crippen molar-refractivity contribution >= 4 is 11.6 Å². The molecule has 0 amide bonds. The van der Waals surface area contributed by atoms with Gasteiger partial charge in [-0.3, -0.25) is 0 Å². The van der Waals surface area contributed by atoms with Crippen molar-refractivity contribution in [3.05, 3.63) is 58.6 Å². The first-order valence-corrected chi connectivity index (χ1v) is 7.48. The van der Waals surface area contributed by atoms with E-state index in [2.05, 4.69) is 18.3 Å². The zero-order chi connectivity index (χ0) is 14.7. The van der Waals surface area contributed by atoms with Crippen molar-refractivity contribution in [2.75, 3.05) is 13.2 Å². The highest BCUT2D eigenvalue weighted by atomic mass is 35.5. The number of hydrogen-bond donors (Lipinski definition) is 1. The molecule has 0 fully saturated rings. The number of benzene rings is 2. The van der Waals surface area contributed by atoms with Crippen molar-refractivity contribution in [2.24, 2.45) is 0 Å². The van der Waals surface area contributed by atoms with Crippen LogP contribution in [-0.4, -0.2) is 13.2 Å². The Labute approximate surface area is 129 Å². The lowest BCUT2D eigenvalue weighted by atomic mass is 10.1. The fourth-order valence-corrected chi connectivity index (χ4v) is 2.70. The summed E-state index contributed by atoms with van der Waals surface area (Å²) in [5.74, 6) is 1.65. The van der Waals surface area contributed by atoms with Gasteiger partial charge < -0.3 is 14.8 Å². The highest BCUT2D eigenvalue weighted by Gasteiger charge is 2.13. The van der Waals surface area contributed by atoms with Gasteiger partial charge in [0.15, 0.2) is 11.5 Å². The molecule has 0 saturated heterocycles. The molecule has 2 aromatic carbocycles. The molecule has 0 spiro atoms. The molecular weight excluding hydrogens is 286 g/mol. The maximum absolute atomic E-state index is 6.22. The second-order valence-electron chi connectivity index (χ2n) is 5.10. The van der Waals surface area contributed by atoms with E-state index < -0.39 is 0 Å². The quantitative estimate of drug-likeness (QED) is 0.927. The van der Waals surface area contributed by atoms with E-state index in [0.717, 1.165) is 34.2 Å². The van der Waals surface area contributed by atoms with Gasteiger partial charge in [-0.1, -0.05) is 35.9 Å². The number of hydrogen-bond acceptors (Lipinski definition) is 3. The third kappa shape index (κ3) is 3.31. The van der Waals surface area contributed by atoms with Gasteiger partial charge in [-0.25, -0.2) is 0 Å². The summed E-state index contributed by atoms with van der Waals surface area (Å²) in [5.41, 5.74) is 2.27. The van der Waals surface area contributed by atoms with Gasteiger partial charge in [0.2, 0.25) is 0 Å². The van der Waals surface area contributed by atoms with Crippen molar-refractivity contribution in [3.8, 4) is 11.5 Å². The fourth-order valence-electron chi connectivity index (χ4n) is 2.40. The molecule has 0 aliphatic carbocycles. The summed E-state index contributed by atoms with van der Waals surface area (Å²) in [6.07, 6.45) is 0. The van der Waals surface area contributed by atoms with Crippen LogP contribution in [0.3, 0.4) is 0 Å². The lowest BCUT2D eigenvalue weighted by Gasteiger charge is -2.20. The van der Waals surface area contributed by atoms with Crippen LogP contribution in [0.25, 0.3) is 0 Å². The van der Waals surface area contributed by atoms with E-state index in [0.29, 0.717) is 13.2 Å². The van der Waals surface area contributed by atoms with Crippen LogP contribution >= 0.6 is 11.6 Å². The predicted octanol–water partition coefficient (Wildman–Crippen LogP) is 3.96. The summed E-state index contributed by atoms with van der Waals surface area (Å²) >= 11 is 6.22. The molecule has 0 radical (unpaired) electrons. The Morgan fingerprint density at radius 3 is 2.67 bits per heavy atom. The molecule has 3 rings (SSSR count). The smallest absolute Gasteiger partial charge is 0.161 e. The van der Waals surface area contributed by atoms with E-state index in [9.17, 15) is 0 Å². The first kappa shape index (κ1) is 14.2. The molecule has 4 heteroatoms. The van der Waals surface area contributed by atoms with Crippen LogP contribution in [-0.2, 0) is 6.54 Å². The van der Waals surface area contributed by atoms with Crippen LogP contribution in [0.1, 0.15) is 24.1 Å². The molecule has 1 atom stereocenters. The van der Waals surface area contributed by atoms with E-state index in [4.69, 9.17) is 21.1 Å². The third-order valence-electron chi connectivity index (χ3n) is 3.59. The highest BCUT2D eigenvalue weighted by Crippen LogP contribution is 2.31. The molecule has 3 nitrogen and oxygen atoms in total. The lowest BCUT2D eigenvalue weighted by molar-refractivity contribution is 0.171. The molecule has 0 saturated carbocycles. The van der Waals surface area contributed by atoms with Gasteiger partial charge in [0, 0.05) is 17.6 Å². The van der Waals surface area contributed by atoms with Crippen LogP contribution in [0.4, 0.5) is 0 Å². The molecular formula is C17H18ClNO2. The second-order valence-corrected chi connectivity index (χ2v) is 5.51. The van der Waals surface area contributed by atoms with Crippen molar-refractivity contribution in [1.29, 1.82) is 0 Å². The molecule has 0 aromatic heterocycles. The predicted molar refractivity (Wildman–Crippen MR) is 84.1 cm³/mol. The van der Waals surface area contributed by atoms with Gasteiger partial charge in [-0.05, 0) is 36.2 Å². The largest absolute Gasteiger partial charge is 0.486 e. The molecule has 1 aliphatic rings. The topological polar surface area (TPSA) is 30.5 Å². The Hall–Kier alpha value is -1.71. The van der Waals surface area contributed by atoms with Crippen LogP contribution in [0.5, 0.6) is 11.5 Å². The van der Waals surface area contributed by atoms with Gasteiger partial charge in [-0.15, -0.1) is 0 Å². The van der Waals surface area contributed by atoms with Gasteiger partial charge in [0.1, 0.15) is 13.2 Å². The molecule has 0 unspecified atom stereocenters. The maximum atomic E-state index is 6.22. The number of ether oxygens (including phenoxy) is 2. The first-order valence-electron chi connectivity index (χ1n) is 7.10. The van der Waals surface area contributed by atoms with E-state index in [1.165, 1.54) is 0 Å².